The minimum atomic E-state index is 0.628. The van der Waals surface area contributed by atoms with Gasteiger partial charge in [-0.3, -0.25) is 4.68 Å². The van der Waals surface area contributed by atoms with Gasteiger partial charge in [0.1, 0.15) is 5.75 Å². The van der Waals surface area contributed by atoms with Gasteiger partial charge in [-0.1, -0.05) is 12.1 Å². The van der Waals surface area contributed by atoms with Crippen LogP contribution in [0, 0.1) is 6.92 Å². The number of nitrogens with two attached hydrogens (primary N) is 1. The van der Waals surface area contributed by atoms with E-state index >= 15 is 0 Å². The number of hydrogen-bond donors (Lipinski definition) is 1. The van der Waals surface area contributed by atoms with Gasteiger partial charge in [-0.25, -0.2) is 0 Å². The van der Waals surface area contributed by atoms with Gasteiger partial charge in [-0.15, -0.1) is 11.8 Å². The van der Waals surface area contributed by atoms with Crippen molar-refractivity contribution < 1.29 is 4.74 Å². The van der Waals surface area contributed by atoms with Crippen LogP contribution >= 0.6 is 11.8 Å². The maximum atomic E-state index is 5.80. The average molecular weight is 263 g/mol. The van der Waals surface area contributed by atoms with Gasteiger partial charge in [0.15, 0.2) is 0 Å². The third-order valence-electron chi connectivity index (χ3n) is 2.47. The quantitative estimate of drug-likeness (QED) is 0.511. The van der Waals surface area contributed by atoms with Crippen LogP contribution in [0.5, 0.6) is 5.75 Å². The maximum absolute atomic E-state index is 5.80. The zero-order valence-corrected chi connectivity index (χ0v) is 11.4. The maximum Gasteiger partial charge on any atom is 0.142 e. The summed E-state index contributed by atoms with van der Waals surface area (Å²) in [4.78, 5) is 0. The molecule has 18 heavy (non-hydrogen) atoms. The van der Waals surface area contributed by atoms with Crippen LogP contribution in [0.25, 0.3) is 0 Å². The molecule has 0 saturated heterocycles. The van der Waals surface area contributed by atoms with Crippen LogP contribution in [-0.4, -0.2) is 22.1 Å². The van der Waals surface area contributed by atoms with Crippen molar-refractivity contribution in [1.29, 1.82) is 0 Å². The summed E-state index contributed by atoms with van der Waals surface area (Å²) in [5.74, 6) is 1.62. The standard InChI is InChI=1S/C13H17N3OS/c1-10-9-13(16(2)15-10)18-8-7-17-12-6-4-3-5-11(12)14/h3-6,9H,7-8,14H2,1-2H3. The Hall–Kier alpha value is -1.62. The number of ether oxygens (including phenoxy) is 1. The van der Waals surface area contributed by atoms with E-state index < -0.39 is 0 Å². The average Bonchev–Trinajstić information content (AvgIpc) is 2.65. The van der Waals surface area contributed by atoms with Gasteiger partial charge < -0.3 is 10.5 Å². The van der Waals surface area contributed by atoms with Gasteiger partial charge in [-0.05, 0) is 25.1 Å². The Labute approximate surface area is 111 Å². The molecule has 2 N–H and O–H groups in total. The second-order valence-electron chi connectivity index (χ2n) is 3.98. The fourth-order valence-corrected chi connectivity index (χ4v) is 2.49. The van der Waals surface area contributed by atoms with Crippen LogP contribution in [0.2, 0.25) is 0 Å². The molecule has 0 aliphatic carbocycles. The van der Waals surface area contributed by atoms with Crippen LogP contribution in [0.1, 0.15) is 5.69 Å². The largest absolute Gasteiger partial charge is 0.491 e. The molecule has 0 spiro atoms. The molecule has 2 rings (SSSR count). The minimum absolute atomic E-state index is 0.628. The molecule has 4 nitrogen and oxygen atoms in total. The molecule has 1 heterocycles. The van der Waals surface area contributed by atoms with Crippen molar-refractivity contribution in [2.75, 3.05) is 18.1 Å². The number of aryl methyl sites for hydroxylation is 2. The Morgan fingerprint density at radius 1 is 1.39 bits per heavy atom. The second kappa shape index (κ2) is 5.82. The molecule has 1 aromatic heterocycles. The molecule has 0 unspecified atom stereocenters. The van der Waals surface area contributed by atoms with Crippen molar-refractivity contribution >= 4 is 17.4 Å². The lowest BCUT2D eigenvalue weighted by Crippen LogP contribution is -2.03. The van der Waals surface area contributed by atoms with Crippen molar-refractivity contribution in [2.24, 2.45) is 7.05 Å². The first-order valence-electron chi connectivity index (χ1n) is 5.77. The molecule has 96 valence electrons. The Morgan fingerprint density at radius 2 is 2.17 bits per heavy atom. The van der Waals surface area contributed by atoms with E-state index in [-0.39, 0.29) is 0 Å². The van der Waals surface area contributed by atoms with Crippen LogP contribution in [0.4, 0.5) is 5.69 Å². The number of nitrogens with zero attached hydrogens (tertiary/aromatic N) is 2. The molecular weight excluding hydrogens is 246 g/mol. The lowest BCUT2D eigenvalue weighted by atomic mass is 10.3. The zero-order chi connectivity index (χ0) is 13.0. The molecule has 0 fully saturated rings. The van der Waals surface area contributed by atoms with E-state index in [1.807, 2.05) is 42.9 Å². The Morgan fingerprint density at radius 3 is 2.83 bits per heavy atom. The first-order chi connectivity index (χ1) is 8.66. The predicted molar refractivity (Wildman–Crippen MR) is 75.0 cm³/mol. The van der Waals surface area contributed by atoms with E-state index in [4.69, 9.17) is 10.5 Å². The number of para-hydroxylation sites is 2. The first-order valence-corrected chi connectivity index (χ1v) is 6.76. The number of nitrogen functional groups attached to an aromatic ring is 1. The van der Waals surface area contributed by atoms with Crippen LogP contribution in [0.15, 0.2) is 35.4 Å². The van der Waals surface area contributed by atoms with Gasteiger partial charge in [0.05, 0.1) is 23.0 Å². The smallest absolute Gasteiger partial charge is 0.142 e. The molecule has 0 radical (unpaired) electrons. The Bertz CT molecular complexity index is 525. The molecule has 2 aromatic rings. The molecule has 5 heteroatoms. The van der Waals surface area contributed by atoms with E-state index in [2.05, 4.69) is 11.2 Å². The summed E-state index contributed by atoms with van der Waals surface area (Å²) in [7, 11) is 1.95. The fraction of sp³-hybridized carbons (Fsp3) is 0.308. The summed E-state index contributed by atoms with van der Waals surface area (Å²) in [5.41, 5.74) is 7.51. The van der Waals surface area contributed by atoms with E-state index in [0.717, 1.165) is 22.2 Å². The summed E-state index contributed by atoms with van der Waals surface area (Å²) >= 11 is 1.73. The number of thioether (sulfide) groups is 1. The Kier molecular flexibility index (Phi) is 4.15. The lowest BCUT2D eigenvalue weighted by molar-refractivity contribution is 0.345. The molecule has 0 atom stereocenters. The highest BCUT2D eigenvalue weighted by Crippen LogP contribution is 2.21. The van der Waals surface area contributed by atoms with Gasteiger partial charge in [-0.2, -0.15) is 5.10 Å². The summed E-state index contributed by atoms with van der Waals surface area (Å²) < 4.78 is 7.52. The first kappa shape index (κ1) is 12.8. The topological polar surface area (TPSA) is 53.1 Å². The lowest BCUT2D eigenvalue weighted by Gasteiger charge is -2.08. The third kappa shape index (κ3) is 3.20. The fourth-order valence-electron chi connectivity index (χ4n) is 1.63. The Balaban J connectivity index is 1.80. The molecule has 1 aromatic carbocycles. The van der Waals surface area contributed by atoms with E-state index in [1.165, 1.54) is 0 Å². The monoisotopic (exact) mass is 263 g/mol. The van der Waals surface area contributed by atoms with Crippen molar-refractivity contribution in [3.8, 4) is 5.75 Å². The van der Waals surface area contributed by atoms with E-state index in [1.54, 1.807) is 11.8 Å². The van der Waals surface area contributed by atoms with Gasteiger partial charge >= 0.3 is 0 Å². The summed E-state index contributed by atoms with van der Waals surface area (Å²) in [5, 5.41) is 5.45. The SMILES string of the molecule is Cc1cc(SCCOc2ccccc2N)n(C)n1. The van der Waals surface area contributed by atoms with Crippen molar-refractivity contribution in [3.63, 3.8) is 0 Å². The van der Waals surface area contributed by atoms with Crippen LogP contribution in [0.3, 0.4) is 0 Å². The van der Waals surface area contributed by atoms with Gasteiger partial charge in [0, 0.05) is 12.8 Å². The predicted octanol–water partition coefficient (Wildman–Crippen LogP) is 2.48. The molecule has 0 saturated carbocycles. The molecule has 0 amide bonds. The molecule has 0 aliphatic rings. The second-order valence-corrected chi connectivity index (χ2v) is 5.10. The summed E-state index contributed by atoms with van der Waals surface area (Å²) in [6.07, 6.45) is 0. The zero-order valence-electron chi connectivity index (χ0n) is 10.6. The van der Waals surface area contributed by atoms with Crippen molar-refractivity contribution in [1.82, 2.24) is 9.78 Å². The van der Waals surface area contributed by atoms with Crippen molar-refractivity contribution in [2.45, 2.75) is 11.9 Å². The molecule has 0 bridgehead atoms. The summed E-state index contributed by atoms with van der Waals surface area (Å²) in [6, 6.07) is 9.61. The third-order valence-corrected chi connectivity index (χ3v) is 3.52. The minimum Gasteiger partial charge on any atom is -0.491 e. The van der Waals surface area contributed by atoms with Crippen LogP contribution < -0.4 is 10.5 Å². The van der Waals surface area contributed by atoms with Crippen molar-refractivity contribution in [3.05, 3.63) is 36.0 Å². The number of benzene rings is 1. The number of anilines is 1. The number of aromatic nitrogens is 2. The molecule has 0 aliphatic heterocycles. The summed E-state index contributed by atoms with van der Waals surface area (Å²) in [6.45, 7) is 2.62. The highest BCUT2D eigenvalue weighted by molar-refractivity contribution is 7.99. The van der Waals surface area contributed by atoms with Gasteiger partial charge in [0.2, 0.25) is 0 Å². The van der Waals surface area contributed by atoms with E-state index in [9.17, 15) is 0 Å². The number of hydrogen-bond acceptors (Lipinski definition) is 4. The normalized spacial score (nSPS) is 10.6. The number of rotatable bonds is 5. The molecular formula is C13H17N3OS. The van der Waals surface area contributed by atoms with E-state index in [0.29, 0.717) is 12.3 Å². The highest BCUT2D eigenvalue weighted by Gasteiger charge is 2.03. The van der Waals surface area contributed by atoms with Gasteiger partial charge in [0.25, 0.3) is 0 Å². The van der Waals surface area contributed by atoms with Crippen LogP contribution in [-0.2, 0) is 7.05 Å². The highest BCUT2D eigenvalue weighted by atomic mass is 32.2.